The van der Waals surface area contributed by atoms with Crippen LogP contribution < -0.4 is 0 Å². The summed E-state index contributed by atoms with van der Waals surface area (Å²) in [4.78, 5) is 5.72. The first-order valence-electron chi connectivity index (χ1n) is 4.72. The van der Waals surface area contributed by atoms with E-state index in [1.165, 1.54) is 18.6 Å². The van der Waals surface area contributed by atoms with Crippen LogP contribution in [-0.2, 0) is 4.84 Å². The van der Waals surface area contributed by atoms with Crippen LogP contribution in [0.5, 0.6) is 0 Å². The number of hydroxylamine groups is 1. The fourth-order valence-corrected chi connectivity index (χ4v) is 6.55. The summed E-state index contributed by atoms with van der Waals surface area (Å²) in [6, 6.07) is 1.40. The molecule has 0 atom stereocenters. The van der Waals surface area contributed by atoms with Gasteiger partial charge in [0.05, 0.1) is 15.4 Å². The minimum absolute atomic E-state index is 0.168. The van der Waals surface area contributed by atoms with Gasteiger partial charge in [0.15, 0.2) is 8.24 Å². The van der Waals surface area contributed by atoms with E-state index < -0.39 is 8.24 Å². The lowest BCUT2D eigenvalue weighted by Crippen LogP contribution is -2.54. The molecule has 0 amide bonds. The van der Waals surface area contributed by atoms with Crippen molar-refractivity contribution in [2.75, 3.05) is 12.8 Å². The van der Waals surface area contributed by atoms with Crippen LogP contribution in [0.4, 0.5) is 0 Å². The van der Waals surface area contributed by atoms with Gasteiger partial charge in [-0.3, -0.25) is 0 Å². The standard InChI is InChI=1S/C8H20NOSi2/c1-11(2)8-9-10-6-5-7-12(9,3)4/h5-8H2,1-4H3. The maximum absolute atomic E-state index is 5.72. The fourth-order valence-electron chi connectivity index (χ4n) is 1.53. The number of rotatable bonds is 2. The molecule has 0 aromatic carbocycles. The molecule has 0 aromatic heterocycles. The van der Waals surface area contributed by atoms with E-state index in [9.17, 15) is 0 Å². The molecular formula is C8H20NOSi2. The maximum Gasteiger partial charge on any atom is 0.154 e. The molecule has 0 aromatic rings. The molecule has 1 heterocycles. The van der Waals surface area contributed by atoms with Gasteiger partial charge in [0, 0.05) is 6.17 Å². The summed E-state index contributed by atoms with van der Waals surface area (Å²) >= 11 is 0. The molecule has 4 heteroatoms. The Labute approximate surface area is 78.6 Å². The van der Waals surface area contributed by atoms with E-state index in [4.69, 9.17) is 4.84 Å². The zero-order valence-corrected chi connectivity index (χ0v) is 10.7. The van der Waals surface area contributed by atoms with Crippen molar-refractivity contribution in [2.45, 2.75) is 38.7 Å². The largest absolute Gasteiger partial charge is 0.306 e. The third-order valence-electron chi connectivity index (χ3n) is 2.32. The van der Waals surface area contributed by atoms with Gasteiger partial charge in [-0.25, -0.2) is 4.73 Å². The Bertz CT molecular complexity index is 150. The zero-order chi connectivity index (χ0) is 9.19. The second-order valence-corrected chi connectivity index (χ2v) is 11.8. The molecule has 0 spiro atoms. The van der Waals surface area contributed by atoms with Crippen LogP contribution in [0.25, 0.3) is 0 Å². The Morgan fingerprint density at radius 2 is 2.08 bits per heavy atom. The summed E-state index contributed by atoms with van der Waals surface area (Å²) in [6.07, 6.45) is 2.48. The molecule has 1 radical (unpaired) electrons. The molecular weight excluding hydrogens is 182 g/mol. The van der Waals surface area contributed by atoms with Crippen LogP contribution >= 0.6 is 0 Å². The molecule has 1 rings (SSSR count). The van der Waals surface area contributed by atoms with Crippen LogP contribution in [0.2, 0.25) is 32.2 Å². The molecule has 0 N–H and O–H groups in total. The van der Waals surface area contributed by atoms with E-state index in [2.05, 4.69) is 30.9 Å². The first kappa shape index (κ1) is 10.4. The molecule has 1 fully saturated rings. The highest BCUT2D eigenvalue weighted by Crippen LogP contribution is 2.22. The quantitative estimate of drug-likeness (QED) is 0.636. The summed E-state index contributed by atoms with van der Waals surface area (Å²) in [6.45, 7) is 10.5. The highest BCUT2D eigenvalue weighted by molar-refractivity contribution is 6.75. The van der Waals surface area contributed by atoms with Crippen molar-refractivity contribution >= 4 is 17.0 Å². The highest BCUT2D eigenvalue weighted by Gasteiger charge is 2.33. The first-order valence-corrected chi connectivity index (χ1v) is 10.6. The molecule has 1 aliphatic rings. The van der Waals surface area contributed by atoms with Crippen LogP contribution in [0.1, 0.15) is 6.42 Å². The van der Waals surface area contributed by atoms with Crippen molar-refractivity contribution < 1.29 is 4.84 Å². The van der Waals surface area contributed by atoms with Gasteiger partial charge in [-0.1, -0.05) is 26.2 Å². The van der Waals surface area contributed by atoms with Crippen LogP contribution in [0.3, 0.4) is 0 Å². The minimum Gasteiger partial charge on any atom is -0.306 e. The lowest BCUT2D eigenvalue weighted by atomic mass is 10.5. The predicted molar refractivity (Wildman–Crippen MR) is 57.0 cm³/mol. The summed E-state index contributed by atoms with van der Waals surface area (Å²) in [5, 5.41) is 0. The maximum atomic E-state index is 5.72. The average molecular weight is 202 g/mol. The van der Waals surface area contributed by atoms with E-state index >= 15 is 0 Å². The van der Waals surface area contributed by atoms with Crippen molar-refractivity contribution in [1.82, 2.24) is 4.73 Å². The lowest BCUT2D eigenvalue weighted by Gasteiger charge is -2.40. The van der Waals surface area contributed by atoms with Gasteiger partial charge in [-0.15, -0.1) is 0 Å². The van der Waals surface area contributed by atoms with E-state index in [1.807, 2.05) is 0 Å². The van der Waals surface area contributed by atoms with Gasteiger partial charge < -0.3 is 4.84 Å². The van der Waals surface area contributed by atoms with Crippen molar-refractivity contribution in [3.05, 3.63) is 0 Å². The molecule has 1 saturated heterocycles. The molecule has 0 aliphatic carbocycles. The monoisotopic (exact) mass is 202 g/mol. The third-order valence-corrected chi connectivity index (χ3v) is 6.77. The van der Waals surface area contributed by atoms with Gasteiger partial charge >= 0.3 is 0 Å². The number of nitrogens with zero attached hydrogens (tertiary/aromatic N) is 1. The predicted octanol–water partition coefficient (Wildman–Crippen LogP) is 2.12. The molecule has 0 unspecified atom stereocenters. The van der Waals surface area contributed by atoms with Crippen LogP contribution in [0, 0.1) is 0 Å². The molecule has 2 nitrogen and oxygen atoms in total. The van der Waals surface area contributed by atoms with Crippen molar-refractivity contribution in [2.24, 2.45) is 0 Å². The van der Waals surface area contributed by atoms with E-state index in [0.717, 1.165) is 6.61 Å². The van der Waals surface area contributed by atoms with E-state index in [-0.39, 0.29) is 8.80 Å². The number of hydrogen-bond acceptors (Lipinski definition) is 2. The Morgan fingerprint density at radius 1 is 1.42 bits per heavy atom. The van der Waals surface area contributed by atoms with Gasteiger partial charge in [0.2, 0.25) is 0 Å². The topological polar surface area (TPSA) is 12.5 Å². The highest BCUT2D eigenvalue weighted by atomic mass is 28.3. The Hall–Kier alpha value is 0.354. The van der Waals surface area contributed by atoms with Gasteiger partial charge in [-0.05, 0) is 12.5 Å². The smallest absolute Gasteiger partial charge is 0.154 e. The fraction of sp³-hybridized carbons (Fsp3) is 1.00. The van der Waals surface area contributed by atoms with Crippen molar-refractivity contribution in [3.63, 3.8) is 0 Å². The van der Waals surface area contributed by atoms with Crippen LogP contribution in [0.15, 0.2) is 0 Å². The SMILES string of the molecule is C[Si](C)CN1OCCC[Si]1(C)C. The van der Waals surface area contributed by atoms with Gasteiger partial charge in [0.1, 0.15) is 0 Å². The average Bonchev–Trinajstić information content (AvgIpc) is 1.92. The molecule has 0 bridgehead atoms. The molecule has 0 saturated carbocycles. The third kappa shape index (κ3) is 2.69. The Morgan fingerprint density at radius 3 is 2.58 bits per heavy atom. The van der Waals surface area contributed by atoms with E-state index in [1.54, 1.807) is 0 Å². The van der Waals surface area contributed by atoms with E-state index in [0.29, 0.717) is 0 Å². The molecule has 12 heavy (non-hydrogen) atoms. The second kappa shape index (κ2) is 4.04. The minimum atomic E-state index is -1.15. The summed E-state index contributed by atoms with van der Waals surface area (Å²) in [5.41, 5.74) is 0. The zero-order valence-electron chi connectivity index (χ0n) is 8.68. The number of hydrogen-bond donors (Lipinski definition) is 0. The summed E-state index contributed by atoms with van der Waals surface area (Å²) < 4.78 is 2.34. The summed E-state index contributed by atoms with van der Waals surface area (Å²) in [5.74, 6) is 0. The van der Waals surface area contributed by atoms with Crippen molar-refractivity contribution in [3.8, 4) is 0 Å². The molecule has 71 valence electrons. The van der Waals surface area contributed by atoms with Crippen LogP contribution in [-0.4, -0.2) is 34.5 Å². The Balaban J connectivity index is 2.48. The molecule has 1 aliphatic heterocycles. The van der Waals surface area contributed by atoms with Gasteiger partial charge in [-0.2, -0.15) is 0 Å². The van der Waals surface area contributed by atoms with Gasteiger partial charge in [0.25, 0.3) is 0 Å². The normalized spacial score (nSPS) is 24.8. The second-order valence-electron chi connectivity index (χ2n) is 4.49. The first-order chi connectivity index (χ1) is 5.52. The summed E-state index contributed by atoms with van der Waals surface area (Å²) in [7, 11) is -1.31. The van der Waals surface area contributed by atoms with Crippen molar-refractivity contribution in [1.29, 1.82) is 0 Å². The lowest BCUT2D eigenvalue weighted by molar-refractivity contribution is -0.0954. The Kier molecular flexibility index (Phi) is 3.51.